The maximum atomic E-state index is 13.4. The van der Waals surface area contributed by atoms with Crippen LogP contribution in [0.1, 0.15) is 26.2 Å². The number of hydrogen-bond acceptors (Lipinski definition) is 2. The minimum atomic E-state index is -0.744. The van der Waals surface area contributed by atoms with Gasteiger partial charge in [-0.2, -0.15) is 0 Å². The molecule has 0 fully saturated rings. The van der Waals surface area contributed by atoms with Crippen molar-refractivity contribution >= 4 is 5.91 Å². The second-order valence-corrected chi connectivity index (χ2v) is 5.28. The van der Waals surface area contributed by atoms with Gasteiger partial charge < -0.3 is 10.1 Å². The number of hydrogen-bond donors (Lipinski definition) is 1. The van der Waals surface area contributed by atoms with E-state index < -0.39 is 11.6 Å². The molecule has 1 aromatic carbocycles. The van der Waals surface area contributed by atoms with Crippen LogP contribution in [-0.4, -0.2) is 18.6 Å². The first-order valence-electron chi connectivity index (χ1n) is 7.09. The van der Waals surface area contributed by atoms with Crippen LogP contribution in [0.3, 0.4) is 0 Å². The molecule has 0 saturated carbocycles. The summed E-state index contributed by atoms with van der Waals surface area (Å²) in [7, 11) is 0. The molecule has 5 heteroatoms. The molecule has 0 spiro atoms. The van der Waals surface area contributed by atoms with Crippen LogP contribution >= 0.6 is 0 Å². The van der Waals surface area contributed by atoms with E-state index in [1.807, 2.05) is 6.08 Å². The van der Waals surface area contributed by atoms with Gasteiger partial charge in [-0.05, 0) is 38.3 Å². The van der Waals surface area contributed by atoms with Crippen LogP contribution in [0.4, 0.5) is 8.78 Å². The Morgan fingerprint density at radius 2 is 2.24 bits per heavy atom. The molecule has 3 nitrogen and oxygen atoms in total. The minimum absolute atomic E-state index is 0.00000672. The summed E-state index contributed by atoms with van der Waals surface area (Å²) < 4.78 is 31.4. The average molecular weight is 295 g/mol. The summed E-state index contributed by atoms with van der Waals surface area (Å²) in [4.78, 5) is 12.0. The molecular formula is C16H19F2NO2. The number of amides is 1. The maximum Gasteiger partial charge on any atom is 0.223 e. The lowest BCUT2D eigenvalue weighted by atomic mass is 9.93. The summed E-state index contributed by atoms with van der Waals surface area (Å²) in [5.74, 6) is -1.41. The molecule has 0 saturated heterocycles. The van der Waals surface area contributed by atoms with E-state index in [1.54, 1.807) is 6.92 Å². The van der Waals surface area contributed by atoms with Gasteiger partial charge in [0.05, 0.1) is 6.04 Å². The number of carbonyl (C=O) groups excluding carboxylic acids is 1. The fourth-order valence-electron chi connectivity index (χ4n) is 2.24. The number of nitrogens with one attached hydrogen (secondary N) is 1. The van der Waals surface area contributed by atoms with E-state index >= 15 is 0 Å². The highest BCUT2D eigenvalue weighted by molar-refractivity contribution is 5.79. The van der Waals surface area contributed by atoms with Gasteiger partial charge in [0.2, 0.25) is 5.91 Å². The molecule has 1 aliphatic carbocycles. The number of carbonyl (C=O) groups is 1. The van der Waals surface area contributed by atoms with Crippen LogP contribution in [0.5, 0.6) is 5.75 Å². The molecule has 0 bridgehead atoms. The maximum absolute atomic E-state index is 13.4. The Balaban J connectivity index is 1.80. The summed E-state index contributed by atoms with van der Waals surface area (Å²) >= 11 is 0. The van der Waals surface area contributed by atoms with E-state index in [1.165, 1.54) is 6.07 Å². The topological polar surface area (TPSA) is 38.3 Å². The predicted octanol–water partition coefficient (Wildman–Crippen LogP) is 3.20. The molecule has 114 valence electrons. The second-order valence-electron chi connectivity index (χ2n) is 5.28. The van der Waals surface area contributed by atoms with Crippen LogP contribution < -0.4 is 10.1 Å². The van der Waals surface area contributed by atoms with Gasteiger partial charge in [0.25, 0.3) is 0 Å². The second kappa shape index (κ2) is 7.20. The van der Waals surface area contributed by atoms with E-state index in [9.17, 15) is 13.6 Å². The Morgan fingerprint density at radius 3 is 2.90 bits per heavy atom. The summed E-state index contributed by atoms with van der Waals surface area (Å²) in [6.45, 7) is 1.93. The molecule has 1 amide bonds. The highest BCUT2D eigenvalue weighted by Gasteiger charge is 2.20. The quantitative estimate of drug-likeness (QED) is 0.847. The Bertz CT molecular complexity index is 531. The SMILES string of the molecule is C[C@H](COc1ccc(F)cc1F)NC(=O)[C@H]1CC=CCC1. The predicted molar refractivity (Wildman–Crippen MR) is 75.9 cm³/mol. The third kappa shape index (κ3) is 4.55. The minimum Gasteiger partial charge on any atom is -0.488 e. The lowest BCUT2D eigenvalue weighted by molar-refractivity contribution is -0.126. The van der Waals surface area contributed by atoms with Crippen molar-refractivity contribution < 1.29 is 18.3 Å². The average Bonchev–Trinajstić information content (AvgIpc) is 2.47. The molecule has 2 atom stereocenters. The molecule has 1 aromatic rings. The third-order valence-corrected chi connectivity index (χ3v) is 3.41. The molecule has 1 N–H and O–H groups in total. The zero-order valence-electron chi connectivity index (χ0n) is 11.9. The molecule has 1 aliphatic rings. The van der Waals surface area contributed by atoms with Crippen LogP contribution in [0, 0.1) is 17.6 Å². The Morgan fingerprint density at radius 1 is 1.43 bits per heavy atom. The van der Waals surface area contributed by atoms with E-state index in [0.29, 0.717) is 0 Å². The molecule has 2 rings (SSSR count). The molecule has 21 heavy (non-hydrogen) atoms. The molecular weight excluding hydrogens is 276 g/mol. The highest BCUT2D eigenvalue weighted by Crippen LogP contribution is 2.19. The summed E-state index contributed by atoms with van der Waals surface area (Å²) in [5.41, 5.74) is 0. The zero-order chi connectivity index (χ0) is 15.2. The van der Waals surface area contributed by atoms with E-state index in [0.717, 1.165) is 31.4 Å². The van der Waals surface area contributed by atoms with Gasteiger partial charge in [-0.15, -0.1) is 0 Å². The first kappa shape index (κ1) is 15.5. The van der Waals surface area contributed by atoms with Crippen molar-refractivity contribution in [1.82, 2.24) is 5.32 Å². The van der Waals surface area contributed by atoms with E-state index in [2.05, 4.69) is 11.4 Å². The van der Waals surface area contributed by atoms with Crippen molar-refractivity contribution in [2.75, 3.05) is 6.61 Å². The Labute approximate surface area is 123 Å². The largest absolute Gasteiger partial charge is 0.488 e. The molecule has 0 unspecified atom stereocenters. The van der Waals surface area contributed by atoms with Gasteiger partial charge in [-0.1, -0.05) is 12.2 Å². The number of rotatable bonds is 5. The van der Waals surface area contributed by atoms with Gasteiger partial charge in [0, 0.05) is 12.0 Å². The van der Waals surface area contributed by atoms with Crippen molar-refractivity contribution in [3.05, 3.63) is 42.0 Å². The van der Waals surface area contributed by atoms with E-state index in [4.69, 9.17) is 4.74 Å². The lowest BCUT2D eigenvalue weighted by Crippen LogP contribution is -2.40. The van der Waals surface area contributed by atoms with Gasteiger partial charge in [0.1, 0.15) is 12.4 Å². The normalized spacial score (nSPS) is 19.1. The van der Waals surface area contributed by atoms with Crippen LogP contribution in [-0.2, 0) is 4.79 Å². The molecule has 0 heterocycles. The van der Waals surface area contributed by atoms with Crippen LogP contribution in [0.25, 0.3) is 0 Å². The number of benzene rings is 1. The van der Waals surface area contributed by atoms with Crippen LogP contribution in [0.2, 0.25) is 0 Å². The van der Waals surface area contributed by atoms with Crippen molar-refractivity contribution in [3.8, 4) is 5.75 Å². The number of allylic oxidation sites excluding steroid dienone is 2. The zero-order valence-corrected chi connectivity index (χ0v) is 11.9. The number of halogens is 2. The van der Waals surface area contributed by atoms with Crippen molar-refractivity contribution in [1.29, 1.82) is 0 Å². The number of ether oxygens (including phenoxy) is 1. The lowest BCUT2D eigenvalue weighted by Gasteiger charge is -2.21. The summed E-state index contributed by atoms with van der Waals surface area (Å²) in [6, 6.07) is 2.90. The fraction of sp³-hybridized carbons (Fsp3) is 0.438. The summed E-state index contributed by atoms with van der Waals surface area (Å²) in [5, 5.41) is 2.86. The van der Waals surface area contributed by atoms with E-state index in [-0.39, 0.29) is 30.2 Å². The fourth-order valence-corrected chi connectivity index (χ4v) is 2.24. The third-order valence-electron chi connectivity index (χ3n) is 3.41. The molecule has 0 aromatic heterocycles. The van der Waals surface area contributed by atoms with Crippen molar-refractivity contribution in [2.24, 2.45) is 5.92 Å². The standard InChI is InChI=1S/C16H19F2NO2/c1-11(19-16(20)12-5-3-2-4-6-12)10-21-15-8-7-13(17)9-14(15)18/h2-3,7-9,11-12H,4-6,10H2,1H3,(H,19,20)/t11-,12+/m1/s1. The molecule has 0 aliphatic heterocycles. The molecule has 0 radical (unpaired) electrons. The van der Waals surface area contributed by atoms with Gasteiger partial charge in [-0.3, -0.25) is 4.79 Å². The Kier molecular flexibility index (Phi) is 5.31. The summed E-state index contributed by atoms with van der Waals surface area (Å²) in [6.07, 6.45) is 6.62. The van der Waals surface area contributed by atoms with Gasteiger partial charge in [0.15, 0.2) is 11.6 Å². The van der Waals surface area contributed by atoms with Gasteiger partial charge >= 0.3 is 0 Å². The highest BCUT2D eigenvalue weighted by atomic mass is 19.1. The van der Waals surface area contributed by atoms with Crippen LogP contribution in [0.15, 0.2) is 30.4 Å². The smallest absolute Gasteiger partial charge is 0.223 e. The van der Waals surface area contributed by atoms with Gasteiger partial charge in [-0.25, -0.2) is 8.78 Å². The van der Waals surface area contributed by atoms with Crippen molar-refractivity contribution in [3.63, 3.8) is 0 Å². The monoisotopic (exact) mass is 295 g/mol. The Hall–Kier alpha value is -1.91. The van der Waals surface area contributed by atoms with Crippen molar-refractivity contribution in [2.45, 2.75) is 32.2 Å². The first-order valence-corrected chi connectivity index (χ1v) is 7.09. The first-order chi connectivity index (χ1) is 10.1.